The lowest BCUT2D eigenvalue weighted by molar-refractivity contribution is 0.0943. The van der Waals surface area contributed by atoms with Gasteiger partial charge in [0.2, 0.25) is 5.89 Å². The number of oxazole rings is 1. The van der Waals surface area contributed by atoms with Gasteiger partial charge in [-0.05, 0) is 17.7 Å². The van der Waals surface area contributed by atoms with Crippen LogP contribution in [0.4, 0.5) is 0 Å². The number of hydrogen-bond acceptors (Lipinski definition) is 6. The number of thiazole rings is 1. The van der Waals surface area contributed by atoms with Crippen LogP contribution in [0.2, 0.25) is 0 Å². The van der Waals surface area contributed by atoms with Crippen LogP contribution in [0.15, 0.2) is 58.5 Å². The van der Waals surface area contributed by atoms with Crippen LogP contribution in [0.1, 0.15) is 27.0 Å². The highest BCUT2D eigenvalue weighted by Gasteiger charge is 2.13. The number of pyridine rings is 1. The summed E-state index contributed by atoms with van der Waals surface area (Å²) in [4.78, 5) is 25.0. The zero-order valence-electron chi connectivity index (χ0n) is 13.2. The normalized spacial score (nSPS) is 10.9. The summed E-state index contributed by atoms with van der Waals surface area (Å²) in [5.41, 5.74) is 2.71. The molecule has 3 heterocycles. The maximum atomic E-state index is 12.2. The molecule has 0 aliphatic carbocycles. The molecule has 7 heteroatoms. The Kier molecular flexibility index (Phi) is 4.22. The molecule has 0 aliphatic heterocycles. The molecule has 0 saturated heterocycles. The van der Waals surface area contributed by atoms with Crippen molar-refractivity contribution in [3.63, 3.8) is 0 Å². The summed E-state index contributed by atoms with van der Waals surface area (Å²) in [5.74, 6) is 0.174. The summed E-state index contributed by atoms with van der Waals surface area (Å²) in [6.45, 7) is 0.195. The van der Waals surface area contributed by atoms with Crippen molar-refractivity contribution in [3.05, 3.63) is 76.2 Å². The number of aromatic nitrogens is 3. The average Bonchev–Trinajstić information content (AvgIpc) is 3.27. The fourth-order valence-corrected chi connectivity index (χ4v) is 3.21. The van der Waals surface area contributed by atoms with Gasteiger partial charge in [-0.25, -0.2) is 9.97 Å². The van der Waals surface area contributed by atoms with Gasteiger partial charge >= 0.3 is 0 Å². The van der Waals surface area contributed by atoms with Crippen LogP contribution in [0.25, 0.3) is 11.2 Å². The molecular formula is C18H14N4O2S. The number of hydrogen-bond donors (Lipinski definition) is 1. The van der Waals surface area contributed by atoms with Crippen LogP contribution in [0.3, 0.4) is 0 Å². The Labute approximate surface area is 147 Å². The van der Waals surface area contributed by atoms with Gasteiger partial charge in [-0.1, -0.05) is 30.3 Å². The second-order valence-electron chi connectivity index (χ2n) is 5.40. The minimum atomic E-state index is -0.245. The molecule has 0 fully saturated rings. The van der Waals surface area contributed by atoms with Crippen molar-refractivity contribution in [2.75, 3.05) is 0 Å². The summed E-state index contributed by atoms with van der Waals surface area (Å²) < 4.78 is 5.53. The molecule has 0 atom stereocenters. The zero-order chi connectivity index (χ0) is 17.1. The molecule has 0 bridgehead atoms. The second kappa shape index (κ2) is 6.82. The lowest BCUT2D eigenvalue weighted by atomic mass is 10.2. The quantitative estimate of drug-likeness (QED) is 0.598. The van der Waals surface area contributed by atoms with Crippen LogP contribution in [0, 0.1) is 0 Å². The SMILES string of the molecule is O=C(NCc1nc2ncccc2o1)c1csc(Cc2ccccc2)n1. The summed E-state index contributed by atoms with van der Waals surface area (Å²) >= 11 is 1.48. The highest BCUT2D eigenvalue weighted by atomic mass is 32.1. The average molecular weight is 350 g/mol. The van der Waals surface area contributed by atoms with E-state index in [4.69, 9.17) is 4.42 Å². The molecule has 0 unspecified atom stereocenters. The van der Waals surface area contributed by atoms with Gasteiger partial charge in [0.15, 0.2) is 11.2 Å². The standard InChI is InChI=1S/C18H14N4O2S/c23-18(20-10-15-22-17-14(24-15)7-4-8-19-17)13-11-25-16(21-13)9-12-5-2-1-3-6-12/h1-8,11H,9-10H2,(H,20,23). The van der Waals surface area contributed by atoms with E-state index in [0.717, 1.165) is 11.4 Å². The number of benzene rings is 1. The van der Waals surface area contributed by atoms with E-state index in [0.29, 0.717) is 22.8 Å². The van der Waals surface area contributed by atoms with Gasteiger partial charge in [-0.15, -0.1) is 11.3 Å². The molecule has 0 aliphatic rings. The van der Waals surface area contributed by atoms with Gasteiger partial charge in [0.25, 0.3) is 5.91 Å². The van der Waals surface area contributed by atoms with E-state index in [1.807, 2.05) is 30.3 Å². The van der Waals surface area contributed by atoms with E-state index in [1.165, 1.54) is 16.9 Å². The van der Waals surface area contributed by atoms with E-state index in [9.17, 15) is 4.79 Å². The molecule has 6 nitrogen and oxygen atoms in total. The number of amides is 1. The number of carbonyl (C=O) groups excluding carboxylic acids is 1. The first-order valence-electron chi connectivity index (χ1n) is 7.75. The predicted molar refractivity (Wildman–Crippen MR) is 94.3 cm³/mol. The number of nitrogens with one attached hydrogen (secondary N) is 1. The minimum Gasteiger partial charge on any atom is -0.437 e. The third-order valence-corrected chi connectivity index (χ3v) is 4.44. The van der Waals surface area contributed by atoms with Crippen LogP contribution < -0.4 is 5.32 Å². The molecule has 124 valence electrons. The third kappa shape index (κ3) is 3.56. The smallest absolute Gasteiger partial charge is 0.271 e. The third-order valence-electron chi connectivity index (χ3n) is 3.59. The van der Waals surface area contributed by atoms with Gasteiger partial charge in [-0.3, -0.25) is 4.79 Å². The first-order valence-corrected chi connectivity index (χ1v) is 8.63. The fourth-order valence-electron chi connectivity index (χ4n) is 2.40. The Bertz CT molecular complexity index is 977. The summed E-state index contributed by atoms with van der Waals surface area (Å²) in [6.07, 6.45) is 2.37. The van der Waals surface area contributed by atoms with E-state index < -0.39 is 0 Å². The Morgan fingerprint density at radius 3 is 2.84 bits per heavy atom. The highest BCUT2D eigenvalue weighted by molar-refractivity contribution is 7.09. The zero-order valence-corrected chi connectivity index (χ0v) is 14.0. The number of fused-ring (bicyclic) bond motifs is 1. The highest BCUT2D eigenvalue weighted by Crippen LogP contribution is 2.15. The molecule has 0 spiro atoms. The van der Waals surface area contributed by atoms with Crippen molar-refractivity contribution in [1.82, 2.24) is 20.3 Å². The van der Waals surface area contributed by atoms with Crippen LogP contribution >= 0.6 is 11.3 Å². The van der Waals surface area contributed by atoms with Crippen LogP contribution in [-0.2, 0) is 13.0 Å². The first-order chi connectivity index (χ1) is 12.3. The number of rotatable bonds is 5. The number of carbonyl (C=O) groups is 1. The van der Waals surface area contributed by atoms with Crippen LogP contribution in [-0.4, -0.2) is 20.9 Å². The Balaban J connectivity index is 1.39. The topological polar surface area (TPSA) is 80.9 Å². The molecule has 1 aromatic carbocycles. The molecule has 1 amide bonds. The maximum absolute atomic E-state index is 12.2. The van der Waals surface area contributed by atoms with Crippen molar-refractivity contribution in [1.29, 1.82) is 0 Å². The molecule has 0 saturated carbocycles. The van der Waals surface area contributed by atoms with Crippen molar-refractivity contribution < 1.29 is 9.21 Å². The van der Waals surface area contributed by atoms with E-state index in [-0.39, 0.29) is 12.5 Å². The lowest BCUT2D eigenvalue weighted by Crippen LogP contribution is -2.23. The van der Waals surface area contributed by atoms with Crippen molar-refractivity contribution in [2.24, 2.45) is 0 Å². The van der Waals surface area contributed by atoms with E-state index in [2.05, 4.69) is 20.3 Å². The van der Waals surface area contributed by atoms with Crippen molar-refractivity contribution in [3.8, 4) is 0 Å². The minimum absolute atomic E-state index is 0.195. The molecule has 3 aromatic heterocycles. The Morgan fingerprint density at radius 1 is 1.12 bits per heavy atom. The monoisotopic (exact) mass is 350 g/mol. The van der Waals surface area contributed by atoms with Crippen molar-refractivity contribution >= 4 is 28.5 Å². The molecule has 4 rings (SSSR count). The summed E-state index contributed by atoms with van der Waals surface area (Å²) in [5, 5.41) is 5.44. The molecule has 0 radical (unpaired) electrons. The summed E-state index contributed by atoms with van der Waals surface area (Å²) in [7, 11) is 0. The summed E-state index contributed by atoms with van der Waals surface area (Å²) in [6, 6.07) is 13.6. The van der Waals surface area contributed by atoms with Crippen molar-refractivity contribution in [2.45, 2.75) is 13.0 Å². The second-order valence-corrected chi connectivity index (χ2v) is 6.35. The molecule has 4 aromatic rings. The fraction of sp³-hybridized carbons (Fsp3) is 0.111. The van der Waals surface area contributed by atoms with Gasteiger partial charge in [-0.2, -0.15) is 4.98 Å². The predicted octanol–water partition coefficient (Wildman–Crippen LogP) is 3.20. The van der Waals surface area contributed by atoms with Gasteiger partial charge < -0.3 is 9.73 Å². The van der Waals surface area contributed by atoms with Gasteiger partial charge in [0.05, 0.1) is 11.6 Å². The molecule has 1 N–H and O–H groups in total. The van der Waals surface area contributed by atoms with Gasteiger partial charge in [0, 0.05) is 18.0 Å². The van der Waals surface area contributed by atoms with E-state index >= 15 is 0 Å². The Morgan fingerprint density at radius 2 is 2.00 bits per heavy atom. The van der Waals surface area contributed by atoms with E-state index in [1.54, 1.807) is 23.7 Å². The lowest BCUT2D eigenvalue weighted by Gasteiger charge is -1.99. The molecule has 25 heavy (non-hydrogen) atoms. The molecular weight excluding hydrogens is 336 g/mol. The Hall–Kier alpha value is -3.06. The largest absolute Gasteiger partial charge is 0.437 e. The first kappa shape index (κ1) is 15.5. The van der Waals surface area contributed by atoms with Crippen LogP contribution in [0.5, 0.6) is 0 Å². The van der Waals surface area contributed by atoms with Gasteiger partial charge in [0.1, 0.15) is 5.69 Å². The number of nitrogens with zero attached hydrogens (tertiary/aromatic N) is 3. The maximum Gasteiger partial charge on any atom is 0.271 e.